The molecular formula is C17H27FN2. The second kappa shape index (κ2) is 5.72. The van der Waals surface area contributed by atoms with Crippen molar-refractivity contribution in [3.8, 4) is 0 Å². The Balaban J connectivity index is 2.25. The molecule has 0 spiro atoms. The Hall–Kier alpha value is -1.09. The highest BCUT2D eigenvalue weighted by Gasteiger charge is 2.33. The van der Waals surface area contributed by atoms with E-state index in [4.69, 9.17) is 5.73 Å². The van der Waals surface area contributed by atoms with E-state index in [1.165, 1.54) is 0 Å². The van der Waals surface area contributed by atoms with Gasteiger partial charge < -0.3 is 10.6 Å². The first-order valence-corrected chi connectivity index (χ1v) is 7.57. The first-order chi connectivity index (χ1) is 9.29. The maximum absolute atomic E-state index is 14.3. The minimum Gasteiger partial charge on any atom is -0.369 e. The highest BCUT2D eigenvalue weighted by Crippen LogP contribution is 2.37. The van der Waals surface area contributed by atoms with Crippen LogP contribution in [-0.4, -0.2) is 19.1 Å². The van der Waals surface area contributed by atoms with Crippen molar-refractivity contribution in [1.29, 1.82) is 0 Å². The molecule has 0 aliphatic carbocycles. The number of halogens is 1. The van der Waals surface area contributed by atoms with Gasteiger partial charge in [-0.3, -0.25) is 0 Å². The Labute approximate surface area is 122 Å². The summed E-state index contributed by atoms with van der Waals surface area (Å²) < 4.78 is 14.3. The van der Waals surface area contributed by atoms with Crippen molar-refractivity contribution in [2.24, 2.45) is 17.1 Å². The lowest BCUT2D eigenvalue weighted by Crippen LogP contribution is -2.28. The maximum atomic E-state index is 14.3. The van der Waals surface area contributed by atoms with Crippen LogP contribution in [0.2, 0.25) is 0 Å². The van der Waals surface area contributed by atoms with Gasteiger partial charge in [-0.05, 0) is 42.7 Å². The molecule has 1 aliphatic heterocycles. The molecule has 2 atom stereocenters. The van der Waals surface area contributed by atoms with Gasteiger partial charge >= 0.3 is 0 Å². The summed E-state index contributed by atoms with van der Waals surface area (Å²) in [6, 6.07) is 5.40. The number of para-hydroxylation sites is 1. The molecular weight excluding hydrogens is 251 g/mol. The molecule has 0 amide bonds. The van der Waals surface area contributed by atoms with E-state index in [9.17, 15) is 4.39 Å². The second-order valence-electron chi connectivity index (χ2n) is 7.23. The van der Waals surface area contributed by atoms with E-state index in [0.717, 1.165) is 37.2 Å². The van der Waals surface area contributed by atoms with Crippen molar-refractivity contribution < 1.29 is 4.39 Å². The minimum absolute atomic E-state index is 0.0524. The van der Waals surface area contributed by atoms with Crippen LogP contribution < -0.4 is 10.6 Å². The summed E-state index contributed by atoms with van der Waals surface area (Å²) in [5, 5.41) is 0. The molecule has 1 aromatic rings. The molecule has 0 bridgehead atoms. The highest BCUT2D eigenvalue weighted by atomic mass is 19.1. The average molecular weight is 278 g/mol. The van der Waals surface area contributed by atoms with Crippen molar-refractivity contribution in [2.45, 2.75) is 46.6 Å². The number of rotatable bonds is 3. The van der Waals surface area contributed by atoms with Crippen LogP contribution in [0.15, 0.2) is 18.2 Å². The van der Waals surface area contributed by atoms with Crippen molar-refractivity contribution in [3.63, 3.8) is 0 Å². The van der Waals surface area contributed by atoms with Gasteiger partial charge in [0.2, 0.25) is 0 Å². The number of nitrogens with two attached hydrogens (primary N) is 1. The fourth-order valence-corrected chi connectivity index (χ4v) is 3.10. The highest BCUT2D eigenvalue weighted by molar-refractivity contribution is 5.56. The third kappa shape index (κ3) is 3.32. The Morgan fingerprint density at radius 3 is 2.65 bits per heavy atom. The molecule has 2 N–H and O–H groups in total. The van der Waals surface area contributed by atoms with Crippen molar-refractivity contribution in [1.82, 2.24) is 0 Å². The van der Waals surface area contributed by atoms with Crippen LogP contribution in [0.1, 0.15) is 39.7 Å². The lowest BCUT2D eigenvalue weighted by atomic mass is 9.80. The largest absolute Gasteiger partial charge is 0.369 e. The molecule has 0 aromatic heterocycles. The van der Waals surface area contributed by atoms with Gasteiger partial charge in [0.05, 0.1) is 5.69 Å². The summed E-state index contributed by atoms with van der Waals surface area (Å²) in [6.45, 7) is 10.7. The van der Waals surface area contributed by atoms with Crippen molar-refractivity contribution in [2.75, 3.05) is 18.0 Å². The second-order valence-corrected chi connectivity index (χ2v) is 7.23. The molecule has 3 heteroatoms. The lowest BCUT2D eigenvalue weighted by Gasteiger charge is -2.28. The average Bonchev–Trinajstić information content (AvgIpc) is 2.77. The van der Waals surface area contributed by atoms with Gasteiger partial charge in [-0.25, -0.2) is 4.39 Å². The Kier molecular flexibility index (Phi) is 4.38. The van der Waals surface area contributed by atoms with E-state index in [2.05, 4.69) is 25.7 Å². The van der Waals surface area contributed by atoms with E-state index in [1.54, 1.807) is 12.1 Å². The molecule has 0 radical (unpaired) electrons. The Morgan fingerprint density at radius 1 is 1.40 bits per heavy atom. The van der Waals surface area contributed by atoms with E-state index < -0.39 is 0 Å². The SMILES string of the molecule is CC(N)Cc1cccc(F)c1N1CCC(C(C)(C)C)C1. The van der Waals surface area contributed by atoms with Gasteiger partial charge in [0.1, 0.15) is 5.82 Å². The van der Waals surface area contributed by atoms with Crippen LogP contribution in [0, 0.1) is 17.2 Å². The van der Waals surface area contributed by atoms with Crippen LogP contribution in [0.4, 0.5) is 10.1 Å². The van der Waals surface area contributed by atoms with E-state index in [-0.39, 0.29) is 17.3 Å². The summed E-state index contributed by atoms with van der Waals surface area (Å²) >= 11 is 0. The predicted octanol–water partition coefficient (Wildman–Crippen LogP) is 3.59. The van der Waals surface area contributed by atoms with Gasteiger partial charge in [0.25, 0.3) is 0 Å². The monoisotopic (exact) mass is 278 g/mol. The number of hydrogen-bond acceptors (Lipinski definition) is 2. The van der Waals surface area contributed by atoms with Crippen LogP contribution in [0.3, 0.4) is 0 Å². The number of anilines is 1. The van der Waals surface area contributed by atoms with Crippen molar-refractivity contribution in [3.05, 3.63) is 29.6 Å². The van der Waals surface area contributed by atoms with Gasteiger partial charge in [0.15, 0.2) is 0 Å². The third-order valence-electron chi connectivity index (χ3n) is 4.34. The number of hydrogen-bond donors (Lipinski definition) is 1. The molecule has 2 rings (SSSR count). The summed E-state index contributed by atoms with van der Waals surface area (Å²) in [5.74, 6) is 0.503. The number of nitrogens with zero attached hydrogens (tertiary/aromatic N) is 1. The summed E-state index contributed by atoms with van der Waals surface area (Å²) in [4.78, 5) is 2.21. The van der Waals surface area contributed by atoms with Crippen LogP contribution in [0.5, 0.6) is 0 Å². The third-order valence-corrected chi connectivity index (χ3v) is 4.34. The molecule has 0 saturated carbocycles. The molecule has 2 nitrogen and oxygen atoms in total. The molecule has 1 heterocycles. The lowest BCUT2D eigenvalue weighted by molar-refractivity contribution is 0.263. The van der Waals surface area contributed by atoms with Crippen molar-refractivity contribution >= 4 is 5.69 Å². The fraction of sp³-hybridized carbons (Fsp3) is 0.647. The zero-order valence-corrected chi connectivity index (χ0v) is 13.1. The molecule has 1 aromatic carbocycles. The normalized spacial score (nSPS) is 21.3. The molecule has 1 aliphatic rings. The summed E-state index contributed by atoms with van der Waals surface area (Å²) in [5.41, 5.74) is 7.99. The molecule has 20 heavy (non-hydrogen) atoms. The van der Waals surface area contributed by atoms with Crippen LogP contribution >= 0.6 is 0 Å². The predicted molar refractivity (Wildman–Crippen MR) is 83.5 cm³/mol. The zero-order valence-electron chi connectivity index (χ0n) is 13.1. The standard InChI is InChI=1S/C17H27FN2/c1-12(19)10-13-6-5-7-15(18)16(13)20-9-8-14(11-20)17(2,3)4/h5-7,12,14H,8-11,19H2,1-4H3. The molecule has 1 fully saturated rings. The van der Waals surface area contributed by atoms with Gasteiger partial charge in [-0.1, -0.05) is 32.9 Å². The van der Waals surface area contributed by atoms with E-state index >= 15 is 0 Å². The van der Waals surface area contributed by atoms with E-state index in [1.807, 2.05) is 13.0 Å². The smallest absolute Gasteiger partial charge is 0.146 e. The molecule has 112 valence electrons. The molecule has 1 saturated heterocycles. The Bertz CT molecular complexity index is 463. The topological polar surface area (TPSA) is 29.3 Å². The first-order valence-electron chi connectivity index (χ1n) is 7.57. The van der Waals surface area contributed by atoms with Gasteiger partial charge in [-0.2, -0.15) is 0 Å². The first kappa shape index (κ1) is 15.3. The zero-order chi connectivity index (χ0) is 14.9. The summed E-state index contributed by atoms with van der Waals surface area (Å²) in [6.07, 6.45) is 1.86. The molecule has 2 unspecified atom stereocenters. The minimum atomic E-state index is -0.113. The maximum Gasteiger partial charge on any atom is 0.146 e. The van der Waals surface area contributed by atoms with Crippen LogP contribution in [-0.2, 0) is 6.42 Å². The van der Waals surface area contributed by atoms with Gasteiger partial charge in [-0.15, -0.1) is 0 Å². The van der Waals surface area contributed by atoms with Gasteiger partial charge in [0, 0.05) is 19.1 Å². The van der Waals surface area contributed by atoms with E-state index in [0.29, 0.717) is 5.92 Å². The fourth-order valence-electron chi connectivity index (χ4n) is 3.10. The quantitative estimate of drug-likeness (QED) is 0.915. The number of benzene rings is 1. The van der Waals surface area contributed by atoms with Crippen LogP contribution in [0.25, 0.3) is 0 Å². The Morgan fingerprint density at radius 2 is 2.10 bits per heavy atom. The summed E-state index contributed by atoms with van der Waals surface area (Å²) in [7, 11) is 0.